The Bertz CT molecular complexity index is 282. The lowest BCUT2D eigenvalue weighted by atomic mass is 10.2. The van der Waals surface area contributed by atoms with Crippen LogP contribution in [0.3, 0.4) is 0 Å². The molecule has 0 aromatic heterocycles. The number of likely N-dealkylation sites (N-methyl/N-ethyl adjacent to an activating group) is 1. The van der Waals surface area contributed by atoms with Crippen molar-refractivity contribution in [3.63, 3.8) is 0 Å². The third-order valence-corrected chi connectivity index (χ3v) is 3.63. The molecule has 1 heterocycles. The van der Waals surface area contributed by atoms with Gasteiger partial charge in [-0.15, -0.1) is 0 Å². The number of likely N-dealkylation sites (tertiary alicyclic amines) is 1. The standard InChI is InChI=1S/C14H27N3O2/c1-3-16(4-2)13(18)11-15-12-14(19)17-9-7-5-6-8-10-17/h15H,3-12H2,1-2H3. The fourth-order valence-corrected chi connectivity index (χ4v) is 2.40. The Morgan fingerprint density at radius 2 is 1.58 bits per heavy atom. The number of hydrogen-bond acceptors (Lipinski definition) is 3. The van der Waals surface area contributed by atoms with E-state index in [1.54, 1.807) is 4.90 Å². The lowest BCUT2D eigenvalue weighted by Crippen LogP contribution is -2.43. The van der Waals surface area contributed by atoms with Gasteiger partial charge in [0.1, 0.15) is 0 Å². The number of nitrogens with zero attached hydrogens (tertiary/aromatic N) is 2. The molecular formula is C14H27N3O2. The molecule has 1 saturated heterocycles. The summed E-state index contributed by atoms with van der Waals surface area (Å²) in [4.78, 5) is 27.4. The van der Waals surface area contributed by atoms with Gasteiger partial charge in [0.2, 0.25) is 11.8 Å². The summed E-state index contributed by atoms with van der Waals surface area (Å²) in [6.45, 7) is 7.62. The molecule has 1 aliphatic heterocycles. The second kappa shape index (κ2) is 8.91. The van der Waals surface area contributed by atoms with E-state index in [-0.39, 0.29) is 24.9 Å². The average Bonchev–Trinajstić information content (AvgIpc) is 2.69. The fraction of sp³-hybridized carbons (Fsp3) is 0.857. The van der Waals surface area contributed by atoms with Crippen molar-refractivity contribution in [2.75, 3.05) is 39.3 Å². The van der Waals surface area contributed by atoms with Crippen molar-refractivity contribution in [1.29, 1.82) is 0 Å². The molecule has 0 aromatic carbocycles. The van der Waals surface area contributed by atoms with Crippen molar-refractivity contribution < 1.29 is 9.59 Å². The smallest absolute Gasteiger partial charge is 0.236 e. The Labute approximate surface area is 116 Å². The van der Waals surface area contributed by atoms with E-state index in [1.807, 2.05) is 18.7 Å². The van der Waals surface area contributed by atoms with E-state index in [9.17, 15) is 9.59 Å². The van der Waals surface area contributed by atoms with Gasteiger partial charge in [-0.2, -0.15) is 0 Å². The molecule has 1 N–H and O–H groups in total. The number of carbonyl (C=O) groups excluding carboxylic acids is 2. The normalized spacial score (nSPS) is 16.0. The highest BCUT2D eigenvalue weighted by Gasteiger charge is 2.16. The maximum Gasteiger partial charge on any atom is 0.236 e. The van der Waals surface area contributed by atoms with Gasteiger partial charge in [-0.05, 0) is 26.7 Å². The molecule has 0 bridgehead atoms. The maximum atomic E-state index is 12.0. The van der Waals surface area contributed by atoms with Gasteiger partial charge in [0.05, 0.1) is 13.1 Å². The largest absolute Gasteiger partial charge is 0.342 e. The number of amides is 2. The molecule has 1 aliphatic rings. The minimum atomic E-state index is 0.0636. The monoisotopic (exact) mass is 269 g/mol. The summed E-state index contributed by atoms with van der Waals surface area (Å²) in [5.74, 6) is 0.183. The van der Waals surface area contributed by atoms with Gasteiger partial charge in [0, 0.05) is 26.2 Å². The summed E-state index contributed by atoms with van der Waals surface area (Å²) in [5.41, 5.74) is 0. The van der Waals surface area contributed by atoms with Gasteiger partial charge in [0.25, 0.3) is 0 Å². The number of carbonyl (C=O) groups is 2. The van der Waals surface area contributed by atoms with Crippen molar-refractivity contribution in [2.45, 2.75) is 39.5 Å². The highest BCUT2D eigenvalue weighted by molar-refractivity contribution is 5.81. The SMILES string of the molecule is CCN(CC)C(=O)CNCC(=O)N1CCCCCC1. The van der Waals surface area contributed by atoms with Crippen LogP contribution >= 0.6 is 0 Å². The van der Waals surface area contributed by atoms with Crippen LogP contribution in [0.5, 0.6) is 0 Å². The van der Waals surface area contributed by atoms with Crippen molar-refractivity contribution in [2.24, 2.45) is 0 Å². The maximum absolute atomic E-state index is 12.0. The van der Waals surface area contributed by atoms with Gasteiger partial charge in [-0.1, -0.05) is 12.8 Å². The first-order valence-electron chi connectivity index (χ1n) is 7.45. The molecule has 110 valence electrons. The predicted octanol–water partition coefficient (Wildman–Crippen LogP) is 0.847. The van der Waals surface area contributed by atoms with Crippen LogP contribution in [0.2, 0.25) is 0 Å². The molecule has 0 spiro atoms. The van der Waals surface area contributed by atoms with Gasteiger partial charge < -0.3 is 9.80 Å². The van der Waals surface area contributed by atoms with E-state index < -0.39 is 0 Å². The molecule has 0 saturated carbocycles. The summed E-state index contributed by atoms with van der Waals surface area (Å²) in [5, 5.41) is 2.97. The Balaban J connectivity index is 2.24. The van der Waals surface area contributed by atoms with Crippen LogP contribution in [0.15, 0.2) is 0 Å². The molecule has 5 nitrogen and oxygen atoms in total. The summed E-state index contributed by atoms with van der Waals surface area (Å²) >= 11 is 0. The van der Waals surface area contributed by atoms with Gasteiger partial charge in [-0.3, -0.25) is 14.9 Å². The molecular weight excluding hydrogens is 242 g/mol. The zero-order valence-electron chi connectivity index (χ0n) is 12.3. The molecule has 5 heteroatoms. The lowest BCUT2D eigenvalue weighted by Gasteiger charge is -2.21. The number of hydrogen-bond donors (Lipinski definition) is 1. The van der Waals surface area contributed by atoms with Crippen LogP contribution in [-0.2, 0) is 9.59 Å². The van der Waals surface area contributed by atoms with E-state index in [0.29, 0.717) is 0 Å². The molecule has 1 rings (SSSR count). The van der Waals surface area contributed by atoms with E-state index in [2.05, 4.69) is 5.32 Å². The first-order chi connectivity index (χ1) is 9.19. The molecule has 2 amide bonds. The summed E-state index contributed by atoms with van der Waals surface area (Å²) in [6, 6.07) is 0. The molecule has 0 aliphatic carbocycles. The van der Waals surface area contributed by atoms with E-state index in [0.717, 1.165) is 39.0 Å². The Morgan fingerprint density at radius 3 is 2.11 bits per heavy atom. The third-order valence-electron chi connectivity index (χ3n) is 3.63. The minimum Gasteiger partial charge on any atom is -0.342 e. The van der Waals surface area contributed by atoms with E-state index in [4.69, 9.17) is 0 Å². The van der Waals surface area contributed by atoms with Gasteiger partial charge >= 0.3 is 0 Å². The van der Waals surface area contributed by atoms with Crippen LogP contribution in [0.1, 0.15) is 39.5 Å². The molecule has 0 unspecified atom stereocenters. The zero-order chi connectivity index (χ0) is 14.1. The van der Waals surface area contributed by atoms with Gasteiger partial charge in [-0.25, -0.2) is 0 Å². The quantitative estimate of drug-likeness (QED) is 0.777. The Morgan fingerprint density at radius 1 is 1.00 bits per heavy atom. The molecule has 0 radical (unpaired) electrons. The average molecular weight is 269 g/mol. The van der Waals surface area contributed by atoms with Crippen LogP contribution < -0.4 is 5.32 Å². The van der Waals surface area contributed by atoms with Gasteiger partial charge in [0.15, 0.2) is 0 Å². The predicted molar refractivity (Wildman–Crippen MR) is 75.8 cm³/mol. The van der Waals surface area contributed by atoms with E-state index in [1.165, 1.54) is 12.8 Å². The highest BCUT2D eigenvalue weighted by atomic mass is 16.2. The van der Waals surface area contributed by atoms with Crippen LogP contribution in [-0.4, -0.2) is 60.9 Å². The second-order valence-electron chi connectivity index (χ2n) is 4.96. The summed E-state index contributed by atoms with van der Waals surface area (Å²) in [7, 11) is 0. The Kier molecular flexibility index (Phi) is 7.48. The molecule has 1 fully saturated rings. The number of rotatable bonds is 6. The topological polar surface area (TPSA) is 52.7 Å². The number of nitrogens with one attached hydrogen (secondary N) is 1. The van der Waals surface area contributed by atoms with Crippen molar-refractivity contribution >= 4 is 11.8 Å². The Hall–Kier alpha value is -1.10. The molecule has 0 atom stereocenters. The van der Waals surface area contributed by atoms with Crippen molar-refractivity contribution in [3.05, 3.63) is 0 Å². The third kappa shape index (κ3) is 5.59. The van der Waals surface area contributed by atoms with Crippen molar-refractivity contribution in [1.82, 2.24) is 15.1 Å². The summed E-state index contributed by atoms with van der Waals surface area (Å²) < 4.78 is 0. The van der Waals surface area contributed by atoms with Crippen LogP contribution in [0, 0.1) is 0 Å². The highest BCUT2D eigenvalue weighted by Crippen LogP contribution is 2.09. The minimum absolute atomic E-state index is 0.0636. The first kappa shape index (κ1) is 16.0. The molecule has 19 heavy (non-hydrogen) atoms. The fourth-order valence-electron chi connectivity index (χ4n) is 2.40. The van der Waals surface area contributed by atoms with Crippen LogP contribution in [0.4, 0.5) is 0 Å². The van der Waals surface area contributed by atoms with Crippen molar-refractivity contribution in [3.8, 4) is 0 Å². The second-order valence-corrected chi connectivity index (χ2v) is 4.96. The van der Waals surface area contributed by atoms with E-state index >= 15 is 0 Å². The first-order valence-corrected chi connectivity index (χ1v) is 7.45. The summed E-state index contributed by atoms with van der Waals surface area (Å²) in [6.07, 6.45) is 4.64. The van der Waals surface area contributed by atoms with Crippen LogP contribution in [0.25, 0.3) is 0 Å². The zero-order valence-corrected chi connectivity index (χ0v) is 12.3. The lowest BCUT2D eigenvalue weighted by molar-refractivity contribution is -0.131. The molecule has 0 aromatic rings.